The molecule has 3 rings (SSSR count). The number of piperidine rings is 1. The molecule has 0 atom stereocenters. The van der Waals surface area contributed by atoms with E-state index < -0.39 is 5.60 Å². The number of likely N-dealkylation sites (tertiary alicyclic amines) is 1. The van der Waals surface area contributed by atoms with E-state index in [9.17, 15) is 10.2 Å². The van der Waals surface area contributed by atoms with Gasteiger partial charge in [0.15, 0.2) is 0 Å². The highest BCUT2D eigenvalue weighted by Crippen LogP contribution is 2.33. The van der Waals surface area contributed by atoms with Crippen molar-refractivity contribution < 1.29 is 10.2 Å². The fourth-order valence-electron chi connectivity index (χ4n) is 2.88. The minimum Gasteiger partial charge on any atom is -0.506 e. The number of aliphatic hydroxyl groups is 1. The van der Waals surface area contributed by atoms with Gasteiger partial charge in [-0.2, -0.15) is 0 Å². The molecule has 1 aliphatic heterocycles. The van der Waals surface area contributed by atoms with Crippen LogP contribution in [0, 0.1) is 0 Å². The van der Waals surface area contributed by atoms with Gasteiger partial charge >= 0.3 is 0 Å². The summed E-state index contributed by atoms with van der Waals surface area (Å²) in [6.45, 7) is 2.21. The second kappa shape index (κ2) is 5.84. The summed E-state index contributed by atoms with van der Waals surface area (Å²) in [4.78, 5) is 6.43. The Morgan fingerprint density at radius 2 is 1.76 bits per heavy atom. The second-order valence-corrected chi connectivity index (χ2v) is 5.64. The molecular weight excluding hydrogens is 264 g/mol. The third kappa shape index (κ3) is 3.06. The number of aromatic hydroxyl groups is 1. The van der Waals surface area contributed by atoms with Crippen molar-refractivity contribution in [2.45, 2.75) is 25.0 Å². The van der Waals surface area contributed by atoms with Gasteiger partial charge in [0.2, 0.25) is 0 Å². The van der Waals surface area contributed by atoms with Gasteiger partial charge in [-0.15, -0.1) is 0 Å². The van der Waals surface area contributed by atoms with Gasteiger partial charge < -0.3 is 10.2 Å². The summed E-state index contributed by atoms with van der Waals surface area (Å²) in [6, 6.07) is 13.2. The summed E-state index contributed by atoms with van der Waals surface area (Å²) in [5.74, 6) is 0.237. The molecule has 1 saturated heterocycles. The first-order chi connectivity index (χ1) is 10.2. The molecule has 4 heteroatoms. The van der Waals surface area contributed by atoms with Gasteiger partial charge in [-0.1, -0.05) is 30.3 Å². The highest BCUT2D eigenvalue weighted by atomic mass is 16.3. The Hall–Kier alpha value is -1.91. The average Bonchev–Trinajstić information content (AvgIpc) is 2.53. The van der Waals surface area contributed by atoms with Crippen LogP contribution in [0.15, 0.2) is 48.7 Å². The Kier molecular flexibility index (Phi) is 3.90. The quantitative estimate of drug-likeness (QED) is 0.908. The van der Waals surface area contributed by atoms with Crippen molar-refractivity contribution in [1.29, 1.82) is 0 Å². The minimum absolute atomic E-state index is 0.237. The van der Waals surface area contributed by atoms with Crippen LogP contribution in [0.3, 0.4) is 0 Å². The summed E-state index contributed by atoms with van der Waals surface area (Å²) < 4.78 is 0. The predicted octanol–water partition coefficient (Wildman–Crippen LogP) is 2.27. The standard InChI is InChI=1S/C17H20N2O2/c20-16-7-4-10-18-15(16)13-19-11-8-17(21,9-12-19)14-5-2-1-3-6-14/h1-7,10,20-21H,8-9,11-13H2. The summed E-state index contributed by atoms with van der Waals surface area (Å²) in [6.07, 6.45) is 3.09. The van der Waals surface area contributed by atoms with Crippen molar-refractivity contribution in [1.82, 2.24) is 9.88 Å². The minimum atomic E-state index is -0.732. The first kappa shape index (κ1) is 14.0. The average molecular weight is 284 g/mol. The lowest BCUT2D eigenvalue weighted by Crippen LogP contribution is -2.42. The lowest BCUT2D eigenvalue weighted by Gasteiger charge is -2.38. The zero-order valence-electron chi connectivity index (χ0n) is 11.9. The van der Waals surface area contributed by atoms with E-state index in [0.29, 0.717) is 25.1 Å². The lowest BCUT2D eigenvalue weighted by molar-refractivity contribution is -0.0280. The van der Waals surface area contributed by atoms with Gasteiger partial charge in [0.05, 0.1) is 11.3 Å². The molecule has 0 unspecified atom stereocenters. The molecule has 110 valence electrons. The molecule has 0 radical (unpaired) electrons. The second-order valence-electron chi connectivity index (χ2n) is 5.64. The maximum atomic E-state index is 10.8. The van der Waals surface area contributed by atoms with Crippen LogP contribution < -0.4 is 0 Å². The topological polar surface area (TPSA) is 56.6 Å². The molecule has 0 bridgehead atoms. The zero-order chi connectivity index (χ0) is 14.7. The van der Waals surface area contributed by atoms with Crippen molar-refractivity contribution in [3.8, 4) is 5.75 Å². The Balaban J connectivity index is 1.64. The van der Waals surface area contributed by atoms with E-state index in [1.165, 1.54) is 0 Å². The van der Waals surface area contributed by atoms with Crippen molar-refractivity contribution >= 4 is 0 Å². The van der Waals surface area contributed by atoms with Crippen LogP contribution >= 0.6 is 0 Å². The fourth-order valence-corrected chi connectivity index (χ4v) is 2.88. The van der Waals surface area contributed by atoms with E-state index in [1.54, 1.807) is 18.3 Å². The highest BCUT2D eigenvalue weighted by molar-refractivity contribution is 5.25. The smallest absolute Gasteiger partial charge is 0.138 e. The zero-order valence-corrected chi connectivity index (χ0v) is 11.9. The Bertz CT molecular complexity index is 593. The SMILES string of the molecule is Oc1cccnc1CN1CCC(O)(c2ccccc2)CC1. The number of hydrogen-bond donors (Lipinski definition) is 2. The summed E-state index contributed by atoms with van der Waals surface area (Å²) in [7, 11) is 0. The molecule has 0 spiro atoms. The molecule has 0 saturated carbocycles. The molecule has 2 heterocycles. The normalized spacial score (nSPS) is 18.5. The van der Waals surface area contributed by atoms with Gasteiger partial charge in [-0.05, 0) is 30.5 Å². The molecule has 4 nitrogen and oxygen atoms in total. The van der Waals surface area contributed by atoms with Gasteiger partial charge in [0.1, 0.15) is 5.75 Å². The fraction of sp³-hybridized carbons (Fsp3) is 0.353. The van der Waals surface area contributed by atoms with Crippen LogP contribution in [0.2, 0.25) is 0 Å². The molecule has 1 aromatic carbocycles. The Morgan fingerprint density at radius 1 is 1.05 bits per heavy atom. The third-order valence-corrected chi connectivity index (χ3v) is 4.23. The van der Waals surface area contributed by atoms with E-state index in [4.69, 9.17) is 0 Å². The van der Waals surface area contributed by atoms with Crippen LogP contribution in [-0.2, 0) is 12.1 Å². The molecule has 1 fully saturated rings. The monoisotopic (exact) mass is 284 g/mol. The van der Waals surface area contributed by atoms with Crippen LogP contribution in [0.4, 0.5) is 0 Å². The Labute approximate surface area is 124 Å². The lowest BCUT2D eigenvalue weighted by atomic mass is 9.84. The van der Waals surface area contributed by atoms with E-state index in [-0.39, 0.29) is 5.75 Å². The van der Waals surface area contributed by atoms with Gasteiger partial charge in [0.25, 0.3) is 0 Å². The molecule has 0 aliphatic carbocycles. The van der Waals surface area contributed by atoms with Gasteiger partial charge in [-0.3, -0.25) is 9.88 Å². The highest BCUT2D eigenvalue weighted by Gasteiger charge is 2.33. The molecule has 1 aliphatic rings. The van der Waals surface area contributed by atoms with E-state index in [1.807, 2.05) is 30.3 Å². The number of rotatable bonds is 3. The summed E-state index contributed by atoms with van der Waals surface area (Å²) in [5.41, 5.74) is 0.956. The van der Waals surface area contributed by atoms with Crippen molar-refractivity contribution in [2.24, 2.45) is 0 Å². The van der Waals surface area contributed by atoms with Crippen LogP contribution in [-0.4, -0.2) is 33.2 Å². The maximum Gasteiger partial charge on any atom is 0.138 e. The molecule has 21 heavy (non-hydrogen) atoms. The molecular formula is C17H20N2O2. The molecule has 1 aromatic heterocycles. The van der Waals surface area contributed by atoms with Crippen molar-refractivity contribution in [3.05, 3.63) is 59.9 Å². The molecule has 2 aromatic rings. The first-order valence-corrected chi connectivity index (χ1v) is 7.30. The molecule has 0 amide bonds. The van der Waals surface area contributed by atoms with Gasteiger partial charge in [-0.25, -0.2) is 0 Å². The third-order valence-electron chi connectivity index (χ3n) is 4.23. The van der Waals surface area contributed by atoms with Crippen LogP contribution in [0.5, 0.6) is 5.75 Å². The number of benzene rings is 1. The first-order valence-electron chi connectivity index (χ1n) is 7.30. The van der Waals surface area contributed by atoms with E-state index >= 15 is 0 Å². The molecule has 2 N–H and O–H groups in total. The maximum absolute atomic E-state index is 10.8. The van der Waals surface area contributed by atoms with Crippen LogP contribution in [0.1, 0.15) is 24.1 Å². The largest absolute Gasteiger partial charge is 0.506 e. The summed E-state index contributed by atoms with van der Waals surface area (Å²) in [5, 5.41) is 20.6. The predicted molar refractivity (Wildman–Crippen MR) is 80.8 cm³/mol. The summed E-state index contributed by atoms with van der Waals surface area (Å²) >= 11 is 0. The van der Waals surface area contributed by atoms with E-state index in [2.05, 4.69) is 9.88 Å². The van der Waals surface area contributed by atoms with Crippen LogP contribution in [0.25, 0.3) is 0 Å². The number of hydrogen-bond acceptors (Lipinski definition) is 4. The van der Waals surface area contributed by atoms with Gasteiger partial charge in [0, 0.05) is 25.8 Å². The van der Waals surface area contributed by atoms with E-state index in [0.717, 1.165) is 18.7 Å². The number of nitrogens with zero attached hydrogens (tertiary/aromatic N) is 2. The van der Waals surface area contributed by atoms with Crippen molar-refractivity contribution in [2.75, 3.05) is 13.1 Å². The Morgan fingerprint density at radius 3 is 2.43 bits per heavy atom. The number of pyridine rings is 1. The van der Waals surface area contributed by atoms with Crippen molar-refractivity contribution in [3.63, 3.8) is 0 Å². The number of aromatic nitrogens is 1.